The molecule has 0 aliphatic carbocycles. The quantitative estimate of drug-likeness (QED) is 0.401. The highest BCUT2D eigenvalue weighted by molar-refractivity contribution is 6.07. The van der Waals surface area contributed by atoms with Crippen LogP contribution < -0.4 is 0 Å². The fourth-order valence-corrected chi connectivity index (χ4v) is 1.40. The van der Waals surface area contributed by atoms with E-state index in [4.69, 9.17) is 5.53 Å². The van der Waals surface area contributed by atoms with Gasteiger partial charge in [0.15, 0.2) is 0 Å². The Morgan fingerprint density at radius 1 is 1.40 bits per heavy atom. The third-order valence-corrected chi connectivity index (χ3v) is 2.05. The zero-order valence-electron chi connectivity index (χ0n) is 7.66. The van der Waals surface area contributed by atoms with Gasteiger partial charge in [0.25, 0.3) is 0 Å². The average molecular weight is 198 g/mol. The first-order valence-electron chi connectivity index (χ1n) is 4.25. The van der Waals surface area contributed by atoms with Gasteiger partial charge in [-0.1, -0.05) is 18.2 Å². The Morgan fingerprint density at radius 2 is 2.27 bits per heavy atom. The fraction of sp³-hybridized carbons (Fsp3) is 0. The lowest BCUT2D eigenvalue weighted by molar-refractivity contribution is 0.100. The molecule has 0 N–H and O–H groups in total. The fourth-order valence-electron chi connectivity index (χ4n) is 1.40. The van der Waals surface area contributed by atoms with Gasteiger partial charge in [0.05, 0.1) is 0 Å². The van der Waals surface area contributed by atoms with Gasteiger partial charge in [0.1, 0.15) is 0 Å². The lowest BCUT2D eigenvalue weighted by Crippen LogP contribution is -1.94. The number of fused-ring (bicyclic) bond motifs is 1. The summed E-state index contributed by atoms with van der Waals surface area (Å²) < 4.78 is 0. The maximum absolute atomic E-state index is 11.4. The first-order chi connectivity index (χ1) is 7.33. The molecule has 1 amide bonds. The Kier molecular flexibility index (Phi) is 2.31. The van der Waals surface area contributed by atoms with Crippen LogP contribution in [0.15, 0.2) is 41.8 Å². The highest BCUT2D eigenvalue weighted by Crippen LogP contribution is 2.18. The van der Waals surface area contributed by atoms with E-state index in [1.807, 2.05) is 6.07 Å². The summed E-state index contributed by atoms with van der Waals surface area (Å²) in [6.07, 6.45) is 3.25. The summed E-state index contributed by atoms with van der Waals surface area (Å²) in [6, 6.07) is 6.91. The van der Waals surface area contributed by atoms with E-state index in [1.54, 1.807) is 30.6 Å². The van der Waals surface area contributed by atoms with Crippen LogP contribution in [0.5, 0.6) is 0 Å². The van der Waals surface area contributed by atoms with Crippen LogP contribution in [0.4, 0.5) is 0 Å². The molecular formula is C10H6N4O. The van der Waals surface area contributed by atoms with E-state index < -0.39 is 5.91 Å². The third-order valence-electron chi connectivity index (χ3n) is 2.05. The van der Waals surface area contributed by atoms with Crippen LogP contribution in [0.25, 0.3) is 21.2 Å². The summed E-state index contributed by atoms with van der Waals surface area (Å²) in [5.74, 6) is -0.575. The van der Waals surface area contributed by atoms with Gasteiger partial charge in [0, 0.05) is 28.3 Å². The van der Waals surface area contributed by atoms with Crippen LogP contribution in [0.1, 0.15) is 10.4 Å². The van der Waals surface area contributed by atoms with Crippen LogP contribution >= 0.6 is 0 Å². The molecule has 5 nitrogen and oxygen atoms in total. The molecular weight excluding hydrogens is 192 g/mol. The van der Waals surface area contributed by atoms with Crippen molar-refractivity contribution >= 4 is 16.7 Å². The number of amides is 1. The highest BCUT2D eigenvalue weighted by Gasteiger charge is 2.06. The second-order valence-corrected chi connectivity index (χ2v) is 2.90. The Morgan fingerprint density at radius 3 is 3.07 bits per heavy atom. The molecule has 0 saturated carbocycles. The number of hydrogen-bond acceptors (Lipinski definition) is 2. The number of pyridine rings is 1. The molecule has 5 heteroatoms. The Balaban J connectivity index is 2.71. The van der Waals surface area contributed by atoms with Gasteiger partial charge in [0.2, 0.25) is 5.91 Å². The molecule has 0 bridgehead atoms. The molecule has 0 saturated heterocycles. The average Bonchev–Trinajstić information content (AvgIpc) is 2.28. The van der Waals surface area contributed by atoms with Crippen molar-refractivity contribution in [2.75, 3.05) is 0 Å². The minimum Gasteiger partial charge on any atom is -0.287 e. The van der Waals surface area contributed by atoms with E-state index in [-0.39, 0.29) is 0 Å². The molecule has 2 rings (SSSR count). The van der Waals surface area contributed by atoms with Gasteiger partial charge in [-0.15, -0.1) is 0 Å². The van der Waals surface area contributed by atoms with Crippen molar-refractivity contribution in [2.24, 2.45) is 5.11 Å². The molecule has 15 heavy (non-hydrogen) atoms. The largest absolute Gasteiger partial charge is 0.287 e. The molecule has 0 spiro atoms. The second-order valence-electron chi connectivity index (χ2n) is 2.90. The summed E-state index contributed by atoms with van der Waals surface area (Å²) >= 11 is 0. The summed E-state index contributed by atoms with van der Waals surface area (Å²) in [4.78, 5) is 17.8. The van der Waals surface area contributed by atoms with Gasteiger partial charge in [-0.3, -0.25) is 9.78 Å². The molecule has 0 atom stereocenters. The predicted octanol–water partition coefficient (Wildman–Crippen LogP) is 2.69. The zero-order valence-corrected chi connectivity index (χ0v) is 7.66. The van der Waals surface area contributed by atoms with Crippen molar-refractivity contribution in [3.63, 3.8) is 0 Å². The van der Waals surface area contributed by atoms with Crippen LogP contribution in [-0.2, 0) is 0 Å². The zero-order chi connectivity index (χ0) is 10.7. The van der Waals surface area contributed by atoms with Crippen molar-refractivity contribution in [2.45, 2.75) is 0 Å². The summed E-state index contributed by atoms with van der Waals surface area (Å²) in [7, 11) is 0. The Labute approximate surface area is 85.0 Å². The third kappa shape index (κ3) is 1.63. The van der Waals surface area contributed by atoms with E-state index in [0.29, 0.717) is 5.56 Å². The summed E-state index contributed by atoms with van der Waals surface area (Å²) in [6.45, 7) is 0. The molecule has 0 aliphatic heterocycles. The van der Waals surface area contributed by atoms with Crippen molar-refractivity contribution in [1.82, 2.24) is 4.98 Å². The number of hydrogen-bond donors (Lipinski definition) is 0. The number of carbonyl (C=O) groups is 1. The van der Waals surface area contributed by atoms with Gasteiger partial charge < -0.3 is 0 Å². The number of rotatable bonds is 1. The van der Waals surface area contributed by atoms with Crippen LogP contribution in [0, 0.1) is 0 Å². The van der Waals surface area contributed by atoms with Crippen molar-refractivity contribution in [3.8, 4) is 0 Å². The van der Waals surface area contributed by atoms with Gasteiger partial charge >= 0.3 is 0 Å². The maximum Gasteiger partial charge on any atom is 0.249 e. The van der Waals surface area contributed by atoms with E-state index in [2.05, 4.69) is 15.0 Å². The van der Waals surface area contributed by atoms with Gasteiger partial charge in [-0.25, -0.2) is 0 Å². The van der Waals surface area contributed by atoms with Gasteiger partial charge in [-0.05, 0) is 22.1 Å². The lowest BCUT2D eigenvalue weighted by atomic mass is 10.1. The minimum absolute atomic E-state index is 0.396. The SMILES string of the molecule is [N-]=[N+]=NC(=O)c1cccc2cnccc12. The molecule has 1 aromatic heterocycles. The van der Waals surface area contributed by atoms with Crippen LogP contribution in [0.2, 0.25) is 0 Å². The Bertz CT molecular complexity index is 567. The molecule has 72 valence electrons. The number of carbonyl (C=O) groups excluding carboxylic acids is 1. The van der Waals surface area contributed by atoms with E-state index in [1.165, 1.54) is 0 Å². The van der Waals surface area contributed by atoms with E-state index in [9.17, 15) is 4.79 Å². The second kappa shape index (κ2) is 3.77. The highest BCUT2D eigenvalue weighted by atomic mass is 16.1. The first-order valence-corrected chi connectivity index (χ1v) is 4.25. The van der Waals surface area contributed by atoms with Crippen molar-refractivity contribution < 1.29 is 4.79 Å². The first kappa shape index (κ1) is 9.18. The molecule has 1 heterocycles. The number of nitrogens with zero attached hydrogens (tertiary/aromatic N) is 4. The van der Waals surface area contributed by atoms with Crippen molar-refractivity contribution in [1.29, 1.82) is 0 Å². The molecule has 0 unspecified atom stereocenters. The summed E-state index contributed by atoms with van der Waals surface area (Å²) in [5, 5.41) is 4.65. The standard InChI is InChI=1S/C10H6N4O/c11-14-13-10(15)9-3-1-2-7-6-12-5-4-8(7)9/h1-6H. The van der Waals surface area contributed by atoms with Crippen LogP contribution in [0.3, 0.4) is 0 Å². The lowest BCUT2D eigenvalue weighted by Gasteiger charge is -2.00. The maximum atomic E-state index is 11.4. The molecule has 0 fully saturated rings. The minimum atomic E-state index is -0.575. The molecule has 1 aromatic carbocycles. The predicted molar refractivity (Wildman–Crippen MR) is 55.2 cm³/mol. The topological polar surface area (TPSA) is 78.7 Å². The molecule has 2 aromatic rings. The number of aromatic nitrogens is 1. The molecule has 0 radical (unpaired) electrons. The number of azide groups is 1. The smallest absolute Gasteiger partial charge is 0.249 e. The van der Waals surface area contributed by atoms with Crippen LogP contribution in [-0.4, -0.2) is 10.9 Å². The van der Waals surface area contributed by atoms with Gasteiger partial charge in [-0.2, -0.15) is 0 Å². The summed E-state index contributed by atoms with van der Waals surface area (Å²) in [5.41, 5.74) is 8.59. The molecule has 0 aliphatic rings. The van der Waals surface area contributed by atoms with E-state index in [0.717, 1.165) is 10.8 Å². The van der Waals surface area contributed by atoms with Crippen molar-refractivity contribution in [3.05, 3.63) is 52.7 Å². The normalized spacial score (nSPS) is 9.60. The monoisotopic (exact) mass is 198 g/mol. The Hall–Kier alpha value is -2.39. The number of benzene rings is 1. The van der Waals surface area contributed by atoms with E-state index >= 15 is 0 Å².